The third-order valence-electron chi connectivity index (χ3n) is 0.970. The summed E-state index contributed by atoms with van der Waals surface area (Å²) >= 11 is 3.52. The fourth-order valence-corrected chi connectivity index (χ4v) is 1.30. The largest absolute Gasteiger partial charge is 0.0861 e. The van der Waals surface area contributed by atoms with E-state index in [1.54, 1.807) is 0 Å². The molecular formula is C6H13BrSi. The molecule has 0 aromatic carbocycles. The molecule has 0 rings (SSSR count). The molecule has 0 saturated carbocycles. The second-order valence-corrected chi connectivity index (χ2v) is 9.51. The maximum Gasteiger partial charge on any atom is 0.0861 e. The minimum absolute atomic E-state index is 0.983. The van der Waals surface area contributed by atoms with Gasteiger partial charge in [-0.3, -0.25) is 0 Å². The Kier molecular flexibility index (Phi) is 2.98. The molecule has 8 heavy (non-hydrogen) atoms. The SMILES string of the molecule is C/C=C(/Br)[Si](C)(C)C. The minimum atomic E-state index is -0.983. The quantitative estimate of drug-likeness (QED) is 0.561. The smallest absolute Gasteiger partial charge is 0.0816 e. The molecule has 2 heteroatoms. The highest BCUT2D eigenvalue weighted by atomic mass is 79.9. The number of halogens is 1. The topological polar surface area (TPSA) is 0 Å². The van der Waals surface area contributed by atoms with Gasteiger partial charge in [0.15, 0.2) is 0 Å². The molecule has 0 fully saturated rings. The van der Waals surface area contributed by atoms with Crippen molar-refractivity contribution in [1.29, 1.82) is 0 Å². The molecule has 0 aromatic heterocycles. The van der Waals surface area contributed by atoms with E-state index < -0.39 is 8.07 Å². The van der Waals surface area contributed by atoms with Crippen LogP contribution in [0.4, 0.5) is 0 Å². The zero-order valence-corrected chi connectivity index (χ0v) is 8.54. The van der Waals surface area contributed by atoms with E-state index in [0.29, 0.717) is 0 Å². The van der Waals surface area contributed by atoms with Crippen LogP contribution in [0.25, 0.3) is 0 Å². The van der Waals surface area contributed by atoms with Crippen molar-refractivity contribution in [2.24, 2.45) is 0 Å². The predicted molar refractivity (Wildman–Crippen MR) is 46.0 cm³/mol. The van der Waals surface area contributed by atoms with E-state index in [9.17, 15) is 0 Å². The lowest BCUT2D eigenvalue weighted by Gasteiger charge is -2.13. The Morgan fingerprint density at radius 2 is 1.75 bits per heavy atom. The highest BCUT2D eigenvalue weighted by molar-refractivity contribution is 9.12. The summed E-state index contributed by atoms with van der Waals surface area (Å²) in [6.07, 6.45) is 2.15. The first-order valence-electron chi connectivity index (χ1n) is 2.81. The lowest BCUT2D eigenvalue weighted by molar-refractivity contribution is 1.68. The maximum atomic E-state index is 3.52. The van der Waals surface area contributed by atoms with Crippen molar-refractivity contribution in [2.45, 2.75) is 26.6 Å². The van der Waals surface area contributed by atoms with Crippen LogP contribution in [0.5, 0.6) is 0 Å². The Hall–Kier alpha value is 0.437. The monoisotopic (exact) mass is 192 g/mol. The van der Waals surface area contributed by atoms with Gasteiger partial charge in [0.1, 0.15) is 0 Å². The van der Waals surface area contributed by atoms with Crippen molar-refractivity contribution in [3.8, 4) is 0 Å². The highest BCUT2D eigenvalue weighted by Crippen LogP contribution is 2.19. The first kappa shape index (κ1) is 8.44. The molecule has 0 nitrogen and oxygen atoms in total. The highest BCUT2D eigenvalue weighted by Gasteiger charge is 2.15. The predicted octanol–water partition coefficient (Wildman–Crippen LogP) is 3.16. The molecule has 0 atom stereocenters. The van der Waals surface area contributed by atoms with Crippen LogP contribution < -0.4 is 0 Å². The van der Waals surface area contributed by atoms with Gasteiger partial charge < -0.3 is 0 Å². The Morgan fingerprint density at radius 1 is 1.38 bits per heavy atom. The summed E-state index contributed by atoms with van der Waals surface area (Å²) in [4.78, 5) is 0. The van der Waals surface area contributed by atoms with E-state index in [2.05, 4.69) is 48.6 Å². The van der Waals surface area contributed by atoms with Crippen LogP contribution in [0.15, 0.2) is 10.2 Å². The zero-order chi connectivity index (χ0) is 6.78. The van der Waals surface area contributed by atoms with Gasteiger partial charge >= 0.3 is 0 Å². The summed E-state index contributed by atoms with van der Waals surface area (Å²) < 4.78 is 1.41. The van der Waals surface area contributed by atoms with Crippen molar-refractivity contribution in [2.75, 3.05) is 0 Å². The fourth-order valence-electron chi connectivity index (χ4n) is 0.433. The standard InChI is InChI=1S/C6H13BrSi/c1-5-6(7)8(2,3)4/h5H,1-4H3/b6-5-. The van der Waals surface area contributed by atoms with E-state index in [1.165, 1.54) is 4.11 Å². The number of rotatable bonds is 1. The molecule has 0 aliphatic carbocycles. The van der Waals surface area contributed by atoms with Gasteiger partial charge in [-0.05, 0) is 11.0 Å². The van der Waals surface area contributed by atoms with E-state index in [4.69, 9.17) is 0 Å². The summed E-state index contributed by atoms with van der Waals surface area (Å²) in [6, 6.07) is 0. The van der Waals surface area contributed by atoms with Gasteiger partial charge in [0.05, 0.1) is 8.07 Å². The Morgan fingerprint density at radius 3 is 1.75 bits per heavy atom. The van der Waals surface area contributed by atoms with Crippen molar-refractivity contribution in [1.82, 2.24) is 0 Å². The van der Waals surface area contributed by atoms with Gasteiger partial charge in [-0.1, -0.05) is 41.6 Å². The summed E-state index contributed by atoms with van der Waals surface area (Å²) in [6.45, 7) is 9.02. The lowest BCUT2D eigenvalue weighted by Crippen LogP contribution is -2.19. The van der Waals surface area contributed by atoms with E-state index in [0.717, 1.165) is 0 Å². The van der Waals surface area contributed by atoms with Gasteiger partial charge in [-0.15, -0.1) is 0 Å². The molecule has 48 valence electrons. The second kappa shape index (κ2) is 2.83. The van der Waals surface area contributed by atoms with Crippen molar-refractivity contribution < 1.29 is 0 Å². The summed E-state index contributed by atoms with van der Waals surface area (Å²) in [5, 5.41) is 0. The second-order valence-electron chi connectivity index (χ2n) is 2.89. The van der Waals surface area contributed by atoms with Crippen molar-refractivity contribution in [3.05, 3.63) is 10.2 Å². The van der Waals surface area contributed by atoms with Crippen LogP contribution in [0.1, 0.15) is 6.92 Å². The fraction of sp³-hybridized carbons (Fsp3) is 0.667. The Balaban J connectivity index is 4.03. The minimum Gasteiger partial charge on any atom is -0.0816 e. The molecular weight excluding hydrogens is 180 g/mol. The van der Waals surface area contributed by atoms with Crippen LogP contribution in [0, 0.1) is 0 Å². The van der Waals surface area contributed by atoms with Crippen LogP contribution in [-0.4, -0.2) is 8.07 Å². The average Bonchev–Trinajstić information content (AvgIpc) is 1.62. The molecule has 0 unspecified atom stereocenters. The maximum absolute atomic E-state index is 3.52. The number of hydrogen-bond acceptors (Lipinski definition) is 0. The summed E-state index contributed by atoms with van der Waals surface area (Å²) in [5.74, 6) is 0. The van der Waals surface area contributed by atoms with E-state index in [-0.39, 0.29) is 0 Å². The third-order valence-corrected chi connectivity index (χ3v) is 6.72. The molecule has 0 aromatic rings. The summed E-state index contributed by atoms with van der Waals surface area (Å²) in [5.41, 5.74) is 0. The molecule has 0 aliphatic heterocycles. The normalized spacial score (nSPS) is 14.4. The van der Waals surface area contributed by atoms with Gasteiger partial charge in [0.25, 0.3) is 0 Å². The number of allylic oxidation sites excluding steroid dienone is 1. The Labute approximate surface area is 61.1 Å². The van der Waals surface area contributed by atoms with Gasteiger partial charge in [-0.25, -0.2) is 0 Å². The molecule has 0 radical (unpaired) electrons. The molecule has 0 aliphatic rings. The molecule has 0 bridgehead atoms. The Bertz CT molecular complexity index is 99.6. The zero-order valence-electron chi connectivity index (χ0n) is 5.96. The average molecular weight is 193 g/mol. The van der Waals surface area contributed by atoms with E-state index in [1.807, 2.05) is 0 Å². The summed E-state index contributed by atoms with van der Waals surface area (Å²) in [7, 11) is -0.983. The first-order valence-corrected chi connectivity index (χ1v) is 7.10. The van der Waals surface area contributed by atoms with E-state index >= 15 is 0 Å². The molecule has 0 N–H and O–H groups in total. The number of hydrogen-bond donors (Lipinski definition) is 0. The van der Waals surface area contributed by atoms with Crippen LogP contribution in [0.3, 0.4) is 0 Å². The van der Waals surface area contributed by atoms with Crippen molar-refractivity contribution >= 4 is 24.0 Å². The molecule has 0 amide bonds. The van der Waals surface area contributed by atoms with Gasteiger partial charge in [0.2, 0.25) is 0 Å². The molecule has 0 saturated heterocycles. The molecule has 0 heterocycles. The van der Waals surface area contributed by atoms with Crippen LogP contribution >= 0.6 is 15.9 Å². The third kappa shape index (κ3) is 2.67. The van der Waals surface area contributed by atoms with Gasteiger partial charge in [-0.2, -0.15) is 0 Å². The van der Waals surface area contributed by atoms with Gasteiger partial charge in [0, 0.05) is 0 Å². The van der Waals surface area contributed by atoms with Crippen molar-refractivity contribution in [3.63, 3.8) is 0 Å². The van der Waals surface area contributed by atoms with Crippen LogP contribution in [-0.2, 0) is 0 Å². The lowest BCUT2D eigenvalue weighted by atomic mass is 10.8. The van der Waals surface area contributed by atoms with Crippen LogP contribution in [0.2, 0.25) is 19.6 Å². The molecule has 0 spiro atoms. The first-order chi connectivity index (χ1) is 3.48.